The Labute approximate surface area is 264 Å². The van der Waals surface area contributed by atoms with E-state index in [0.29, 0.717) is 38.6 Å². The van der Waals surface area contributed by atoms with Crippen molar-refractivity contribution in [2.75, 3.05) is 13.1 Å². The van der Waals surface area contributed by atoms with Crippen molar-refractivity contribution >= 4 is 42.6 Å². The molecule has 2 saturated carbocycles. The van der Waals surface area contributed by atoms with E-state index in [4.69, 9.17) is 0 Å². The van der Waals surface area contributed by atoms with Crippen molar-refractivity contribution in [3.05, 3.63) is 31.5 Å². The summed E-state index contributed by atoms with van der Waals surface area (Å²) in [6.45, 7) is -0.944. The summed E-state index contributed by atoms with van der Waals surface area (Å²) in [4.78, 5) is 129. The van der Waals surface area contributed by atoms with Gasteiger partial charge in [-0.05, 0) is 56.8 Å². The van der Waals surface area contributed by atoms with Crippen LogP contribution < -0.4 is 17.1 Å². The van der Waals surface area contributed by atoms with E-state index in [9.17, 15) is 47.9 Å². The number of rotatable bonds is 12. The van der Waals surface area contributed by atoms with Gasteiger partial charge in [0.15, 0.2) is 0 Å². The molecule has 2 atom stereocenters. The Morgan fingerprint density at radius 3 is 1.06 bits per heavy atom. The smallest absolute Gasteiger partial charge is 0.247 e. The third-order valence-electron chi connectivity index (χ3n) is 7.07. The van der Waals surface area contributed by atoms with E-state index < -0.39 is 37.1 Å². The summed E-state index contributed by atoms with van der Waals surface area (Å²) in [5.74, 6) is 0.939. The zero-order valence-electron chi connectivity index (χ0n) is 25.1. The van der Waals surface area contributed by atoms with Crippen LogP contribution in [0.5, 0.6) is 0 Å². The number of aliphatic imine (C=N–C) groups is 7. The van der Waals surface area contributed by atoms with E-state index in [1.807, 2.05) is 0 Å². The largest absolute Gasteiger partial charge is 0.339 e. The Kier molecular flexibility index (Phi) is 19.5. The highest BCUT2D eigenvalue weighted by Crippen LogP contribution is 2.29. The summed E-state index contributed by atoms with van der Waals surface area (Å²) in [6, 6.07) is 0.196. The molecule has 248 valence electrons. The van der Waals surface area contributed by atoms with Crippen molar-refractivity contribution in [1.82, 2.24) is 13.7 Å². The maximum Gasteiger partial charge on any atom is 0.339 e. The van der Waals surface area contributed by atoms with Crippen molar-refractivity contribution in [3.8, 4) is 0 Å². The topological polar surface area (TPSA) is 272 Å². The Morgan fingerprint density at radius 1 is 0.468 bits per heavy atom. The molecule has 1 heterocycles. The number of nitrogens with zero attached hydrogens (tertiary/aromatic N) is 10. The van der Waals surface area contributed by atoms with E-state index in [0.717, 1.165) is 69.6 Å². The second-order valence-electron chi connectivity index (χ2n) is 9.97. The molecule has 2 aliphatic rings. The summed E-state index contributed by atoms with van der Waals surface area (Å²) >= 11 is 0. The highest BCUT2D eigenvalue weighted by atomic mass is 16.2. The number of hydrogen-bond acceptors (Lipinski definition) is 17. The Morgan fingerprint density at radius 2 is 0.787 bits per heavy atom. The minimum atomic E-state index is -1.14. The molecule has 2 aliphatic carbocycles. The SMILES string of the molecule is O=C=NC1CCC(N=C=O)CC1.O=C=NCC1CCCC(CN=C=O)C1.O=C=NCn1c(=O)n(CN=C=O)c(=O)n(CN=C=O)c1=O. The first-order valence-electron chi connectivity index (χ1n) is 14.1. The van der Waals surface area contributed by atoms with Gasteiger partial charge >= 0.3 is 17.1 Å². The summed E-state index contributed by atoms with van der Waals surface area (Å²) in [5, 5.41) is 0. The monoisotopic (exact) mass is 654 g/mol. The van der Waals surface area contributed by atoms with Gasteiger partial charge in [-0.3, -0.25) is 0 Å². The number of hydrogen-bond donors (Lipinski definition) is 0. The van der Waals surface area contributed by atoms with Crippen LogP contribution in [0.3, 0.4) is 0 Å². The predicted octanol–water partition coefficient (Wildman–Crippen LogP) is -0.515. The zero-order chi connectivity index (χ0) is 34.9. The molecule has 3 rings (SSSR count). The van der Waals surface area contributed by atoms with E-state index in [1.54, 1.807) is 24.3 Å². The molecule has 0 amide bonds. The quantitative estimate of drug-likeness (QED) is 0.205. The normalized spacial score (nSPS) is 19.1. The molecule has 20 heteroatoms. The highest BCUT2D eigenvalue weighted by Gasteiger charge is 2.21. The average molecular weight is 655 g/mol. The first-order chi connectivity index (χ1) is 22.8. The van der Waals surface area contributed by atoms with Gasteiger partial charge in [0.25, 0.3) is 0 Å². The van der Waals surface area contributed by atoms with Gasteiger partial charge in [-0.1, -0.05) is 6.42 Å². The van der Waals surface area contributed by atoms with Crippen molar-refractivity contribution in [1.29, 1.82) is 0 Å². The molecule has 0 aromatic carbocycles. The fourth-order valence-electron chi connectivity index (χ4n) is 4.88. The molecule has 0 spiro atoms. The molecular formula is C27H30N10O10. The lowest BCUT2D eigenvalue weighted by Gasteiger charge is -2.26. The van der Waals surface area contributed by atoms with Gasteiger partial charge < -0.3 is 0 Å². The fraction of sp³-hybridized carbons (Fsp3) is 0.630. The molecule has 0 N–H and O–H groups in total. The lowest BCUT2D eigenvalue weighted by molar-refractivity contribution is 0.278. The third kappa shape index (κ3) is 14.1. The summed E-state index contributed by atoms with van der Waals surface area (Å²) < 4.78 is 1.23. The van der Waals surface area contributed by atoms with Crippen molar-refractivity contribution in [3.63, 3.8) is 0 Å². The van der Waals surface area contributed by atoms with Crippen LogP contribution in [0.4, 0.5) is 0 Å². The van der Waals surface area contributed by atoms with Gasteiger partial charge in [0, 0.05) is 0 Å². The zero-order valence-corrected chi connectivity index (χ0v) is 25.1. The molecule has 1 aromatic rings. The molecule has 47 heavy (non-hydrogen) atoms. The van der Waals surface area contributed by atoms with Crippen molar-refractivity contribution in [2.24, 2.45) is 46.8 Å². The van der Waals surface area contributed by atoms with Gasteiger partial charge in [-0.2, -0.15) is 15.0 Å². The Bertz CT molecular complexity index is 1520. The van der Waals surface area contributed by atoms with Crippen LogP contribution in [0.2, 0.25) is 0 Å². The van der Waals surface area contributed by atoms with E-state index in [-0.39, 0.29) is 12.1 Å². The van der Waals surface area contributed by atoms with Gasteiger partial charge in [0.2, 0.25) is 42.6 Å². The van der Waals surface area contributed by atoms with E-state index >= 15 is 0 Å². The van der Waals surface area contributed by atoms with Gasteiger partial charge in [-0.15, -0.1) is 0 Å². The van der Waals surface area contributed by atoms with Crippen molar-refractivity contribution < 1.29 is 33.6 Å². The van der Waals surface area contributed by atoms with Gasteiger partial charge in [0.1, 0.15) is 20.0 Å². The average Bonchev–Trinajstić information content (AvgIpc) is 3.08. The van der Waals surface area contributed by atoms with Crippen LogP contribution in [0.25, 0.3) is 0 Å². The second kappa shape index (κ2) is 23.5. The maximum absolute atomic E-state index is 11.9. The number of carbonyl (C=O) groups excluding carboxylic acids is 7. The van der Waals surface area contributed by atoms with Crippen LogP contribution in [-0.2, 0) is 53.6 Å². The molecule has 1 aromatic heterocycles. The molecule has 20 nitrogen and oxygen atoms in total. The van der Waals surface area contributed by atoms with E-state index in [2.05, 4.69) is 34.9 Å². The lowest BCUT2D eigenvalue weighted by atomic mass is 9.81. The predicted molar refractivity (Wildman–Crippen MR) is 157 cm³/mol. The first-order valence-corrected chi connectivity index (χ1v) is 14.1. The van der Waals surface area contributed by atoms with Gasteiger partial charge in [0.05, 0.1) is 25.2 Å². The van der Waals surface area contributed by atoms with Crippen LogP contribution in [0, 0.1) is 11.8 Å². The summed E-state index contributed by atoms with van der Waals surface area (Å²) in [5.41, 5.74) is -3.43. The van der Waals surface area contributed by atoms with E-state index in [1.165, 1.54) is 0 Å². The first kappa shape index (κ1) is 39.1. The van der Waals surface area contributed by atoms with Crippen LogP contribution >= 0.6 is 0 Å². The molecule has 2 unspecified atom stereocenters. The highest BCUT2D eigenvalue weighted by molar-refractivity contribution is 5.35. The maximum atomic E-state index is 11.9. The molecule has 0 aliphatic heterocycles. The Balaban J connectivity index is 0.000000370. The Hall–Kier alpha value is -5.93. The van der Waals surface area contributed by atoms with Crippen molar-refractivity contribution in [2.45, 2.75) is 83.5 Å². The molecular weight excluding hydrogens is 624 g/mol. The lowest BCUT2D eigenvalue weighted by Crippen LogP contribution is -2.54. The molecule has 0 bridgehead atoms. The van der Waals surface area contributed by atoms with Crippen LogP contribution in [-0.4, -0.2) is 81.4 Å². The van der Waals surface area contributed by atoms with Gasteiger partial charge in [-0.25, -0.2) is 81.6 Å². The second-order valence-corrected chi connectivity index (χ2v) is 9.97. The summed E-state index contributed by atoms with van der Waals surface area (Å²) in [6.07, 6.45) is 17.3. The fourth-order valence-corrected chi connectivity index (χ4v) is 4.88. The standard InChI is InChI=1S/C10H14N2O2.C9H6N6O6.C8H10N2O2/c13-7-11-5-9-2-1-3-10(4-9)6-12-8-14;16-4-10-1-13-7(19)14(2-11-5-17)9(21)15(8(13)20)3-12-6-18;11-5-9-7-1-2-8(4-3-7)10-6-12/h9-10H,1-6H2;1-3H2;7-8H,1-4H2. The third-order valence-corrected chi connectivity index (χ3v) is 7.07. The minimum Gasteiger partial charge on any atom is -0.247 e. The molecule has 0 radical (unpaired) electrons. The summed E-state index contributed by atoms with van der Waals surface area (Å²) in [7, 11) is 0. The van der Waals surface area contributed by atoms with Crippen LogP contribution in [0.1, 0.15) is 51.4 Å². The minimum absolute atomic E-state index is 0.0978. The number of aromatic nitrogens is 3. The molecule has 2 fully saturated rings. The van der Waals surface area contributed by atoms with Crippen LogP contribution in [0.15, 0.2) is 49.3 Å². The molecule has 0 saturated heterocycles. The number of isocyanates is 7.